The molecule has 2 rings (SSSR count). The average Bonchev–Trinajstić information content (AvgIpc) is 2.33. The lowest BCUT2D eigenvalue weighted by Gasteiger charge is -2.39. The van der Waals surface area contributed by atoms with E-state index in [1.165, 1.54) is 0 Å². The van der Waals surface area contributed by atoms with Gasteiger partial charge in [-0.3, -0.25) is 4.79 Å². The van der Waals surface area contributed by atoms with Gasteiger partial charge in [0.05, 0.1) is 0 Å². The van der Waals surface area contributed by atoms with E-state index in [-0.39, 0.29) is 16.9 Å². The molecule has 0 aromatic rings. The molecule has 1 aliphatic heterocycles. The van der Waals surface area contributed by atoms with Crippen LogP contribution in [0.2, 0.25) is 0 Å². The highest BCUT2D eigenvalue weighted by Gasteiger charge is 2.51. The van der Waals surface area contributed by atoms with Crippen LogP contribution >= 0.6 is 0 Å². The summed E-state index contributed by atoms with van der Waals surface area (Å²) in [5, 5.41) is 8.79. The Kier molecular flexibility index (Phi) is 2.30. The van der Waals surface area contributed by atoms with E-state index >= 15 is 0 Å². The molecule has 4 heteroatoms. The Hall–Kier alpha value is -1.06. The topological polar surface area (TPSA) is 57.6 Å². The van der Waals surface area contributed by atoms with E-state index in [1.807, 2.05) is 0 Å². The summed E-state index contributed by atoms with van der Waals surface area (Å²) < 4.78 is 0. The molecule has 90 valence electrons. The van der Waals surface area contributed by atoms with E-state index in [2.05, 4.69) is 20.8 Å². The zero-order valence-corrected chi connectivity index (χ0v) is 10.1. The molecule has 2 unspecified atom stereocenters. The number of carboxylic acids is 1. The van der Waals surface area contributed by atoms with Crippen LogP contribution in [0, 0.1) is 10.8 Å². The number of likely N-dealkylation sites (tertiary alicyclic amines) is 1. The van der Waals surface area contributed by atoms with Gasteiger partial charge in [0.15, 0.2) is 0 Å². The van der Waals surface area contributed by atoms with Gasteiger partial charge in [0, 0.05) is 12.6 Å². The molecule has 0 aromatic carbocycles. The minimum absolute atomic E-state index is 0.109. The first-order chi connectivity index (χ1) is 7.22. The van der Waals surface area contributed by atoms with Crippen molar-refractivity contribution in [1.82, 2.24) is 4.90 Å². The second-order valence-corrected chi connectivity index (χ2v) is 6.45. The van der Waals surface area contributed by atoms with E-state index in [4.69, 9.17) is 5.11 Å². The third-order valence-corrected chi connectivity index (χ3v) is 3.86. The predicted molar refractivity (Wildman–Crippen MR) is 58.9 cm³/mol. The van der Waals surface area contributed by atoms with Crippen LogP contribution < -0.4 is 0 Å². The smallest absolute Gasteiger partial charge is 0.394 e. The van der Waals surface area contributed by atoms with E-state index in [0.29, 0.717) is 6.54 Å². The fourth-order valence-electron chi connectivity index (χ4n) is 3.82. The van der Waals surface area contributed by atoms with E-state index in [0.717, 1.165) is 19.3 Å². The molecule has 2 bridgehead atoms. The number of hydrogen-bond donors (Lipinski definition) is 1. The van der Waals surface area contributed by atoms with Crippen molar-refractivity contribution in [3.63, 3.8) is 0 Å². The van der Waals surface area contributed by atoms with Crippen molar-refractivity contribution in [2.75, 3.05) is 6.54 Å². The molecule has 1 N–H and O–H groups in total. The maximum Gasteiger partial charge on any atom is 0.394 e. The monoisotopic (exact) mass is 225 g/mol. The Morgan fingerprint density at radius 3 is 2.44 bits per heavy atom. The summed E-state index contributed by atoms with van der Waals surface area (Å²) in [7, 11) is 0. The second kappa shape index (κ2) is 3.22. The zero-order chi connectivity index (χ0) is 12.1. The quantitative estimate of drug-likeness (QED) is 0.635. The molecule has 1 amide bonds. The summed E-state index contributed by atoms with van der Waals surface area (Å²) >= 11 is 0. The zero-order valence-electron chi connectivity index (χ0n) is 10.1. The molecule has 0 spiro atoms. The number of aliphatic carboxylic acids is 1. The Labute approximate surface area is 95.6 Å². The van der Waals surface area contributed by atoms with Gasteiger partial charge in [-0.1, -0.05) is 20.8 Å². The summed E-state index contributed by atoms with van der Waals surface area (Å²) in [4.78, 5) is 23.9. The standard InChI is InChI=1S/C12H19NO3/c1-11(2)4-8-5-12(3,6-11)7-13(8)9(14)10(15)16/h8H,4-7H2,1-3H3,(H,15,16). The number of amides is 1. The minimum atomic E-state index is -1.33. The summed E-state index contributed by atoms with van der Waals surface area (Å²) in [5.41, 5.74) is 0.322. The first kappa shape index (κ1) is 11.4. The van der Waals surface area contributed by atoms with Crippen LogP contribution in [-0.4, -0.2) is 34.5 Å². The van der Waals surface area contributed by atoms with Gasteiger partial charge in [-0.05, 0) is 30.1 Å². The highest BCUT2D eigenvalue weighted by Crippen LogP contribution is 2.52. The summed E-state index contributed by atoms with van der Waals surface area (Å²) in [5.74, 6) is -2.06. The predicted octanol–water partition coefficient (Wildman–Crippen LogP) is 1.50. The van der Waals surface area contributed by atoms with Gasteiger partial charge in [-0.15, -0.1) is 0 Å². The molecule has 2 aliphatic rings. The molecule has 1 saturated carbocycles. The van der Waals surface area contributed by atoms with Gasteiger partial charge in [0.1, 0.15) is 0 Å². The SMILES string of the molecule is CC1(C)CC2CC(C)(CN2C(=O)C(=O)O)C1. The van der Waals surface area contributed by atoms with Gasteiger partial charge in [0.2, 0.25) is 0 Å². The van der Waals surface area contributed by atoms with Crippen LogP contribution in [0.25, 0.3) is 0 Å². The van der Waals surface area contributed by atoms with Crippen molar-refractivity contribution in [2.24, 2.45) is 10.8 Å². The maximum atomic E-state index is 11.6. The highest BCUT2D eigenvalue weighted by molar-refractivity contribution is 6.31. The Morgan fingerprint density at radius 2 is 1.88 bits per heavy atom. The molecule has 2 fully saturated rings. The fourth-order valence-corrected chi connectivity index (χ4v) is 3.82. The fraction of sp³-hybridized carbons (Fsp3) is 0.833. The van der Waals surface area contributed by atoms with Crippen molar-refractivity contribution in [2.45, 2.75) is 46.1 Å². The average molecular weight is 225 g/mol. The van der Waals surface area contributed by atoms with Gasteiger partial charge >= 0.3 is 11.9 Å². The van der Waals surface area contributed by atoms with Gasteiger partial charge in [-0.25, -0.2) is 4.79 Å². The van der Waals surface area contributed by atoms with Crippen LogP contribution in [0.3, 0.4) is 0 Å². The van der Waals surface area contributed by atoms with Crippen molar-refractivity contribution in [3.8, 4) is 0 Å². The Bertz CT molecular complexity index is 350. The number of hydrogen-bond acceptors (Lipinski definition) is 2. The molecular weight excluding hydrogens is 206 g/mol. The van der Waals surface area contributed by atoms with Crippen LogP contribution in [0.1, 0.15) is 40.0 Å². The third-order valence-electron chi connectivity index (χ3n) is 3.86. The number of carboxylic acid groups (broad SMARTS) is 1. The summed E-state index contributed by atoms with van der Waals surface area (Å²) in [6.45, 7) is 7.17. The van der Waals surface area contributed by atoms with Gasteiger partial charge < -0.3 is 10.0 Å². The van der Waals surface area contributed by atoms with Crippen LogP contribution in [0.15, 0.2) is 0 Å². The van der Waals surface area contributed by atoms with Crippen molar-refractivity contribution < 1.29 is 14.7 Å². The molecule has 16 heavy (non-hydrogen) atoms. The molecule has 1 saturated heterocycles. The minimum Gasteiger partial charge on any atom is -0.474 e. The van der Waals surface area contributed by atoms with Gasteiger partial charge in [-0.2, -0.15) is 0 Å². The lowest BCUT2D eigenvalue weighted by molar-refractivity contribution is -0.156. The van der Waals surface area contributed by atoms with E-state index < -0.39 is 11.9 Å². The normalized spacial score (nSPS) is 36.2. The number of carbonyl (C=O) groups is 2. The highest BCUT2D eigenvalue weighted by atomic mass is 16.4. The third kappa shape index (κ3) is 1.81. The number of rotatable bonds is 0. The molecule has 4 nitrogen and oxygen atoms in total. The summed E-state index contributed by atoms with van der Waals surface area (Å²) in [6.07, 6.45) is 2.94. The lowest BCUT2D eigenvalue weighted by Crippen LogP contribution is -2.41. The number of nitrogens with zero attached hydrogens (tertiary/aromatic N) is 1. The summed E-state index contributed by atoms with van der Waals surface area (Å²) in [6, 6.07) is 0.123. The first-order valence-electron chi connectivity index (χ1n) is 5.76. The van der Waals surface area contributed by atoms with Crippen LogP contribution in [-0.2, 0) is 9.59 Å². The molecule has 1 aliphatic carbocycles. The van der Waals surface area contributed by atoms with E-state index in [9.17, 15) is 9.59 Å². The van der Waals surface area contributed by atoms with Crippen molar-refractivity contribution >= 4 is 11.9 Å². The lowest BCUT2D eigenvalue weighted by atomic mass is 9.65. The first-order valence-corrected chi connectivity index (χ1v) is 5.76. The largest absolute Gasteiger partial charge is 0.474 e. The number of fused-ring (bicyclic) bond motifs is 2. The number of carbonyl (C=O) groups excluding carboxylic acids is 1. The maximum absolute atomic E-state index is 11.6. The Balaban J connectivity index is 2.23. The Morgan fingerprint density at radius 1 is 1.25 bits per heavy atom. The van der Waals surface area contributed by atoms with Crippen LogP contribution in [0.5, 0.6) is 0 Å². The second-order valence-electron chi connectivity index (χ2n) is 6.45. The van der Waals surface area contributed by atoms with Gasteiger partial charge in [0.25, 0.3) is 0 Å². The van der Waals surface area contributed by atoms with Crippen LogP contribution in [0.4, 0.5) is 0 Å². The molecule has 0 radical (unpaired) electrons. The van der Waals surface area contributed by atoms with E-state index in [1.54, 1.807) is 4.90 Å². The molecule has 1 heterocycles. The molecule has 2 atom stereocenters. The van der Waals surface area contributed by atoms with Crippen molar-refractivity contribution in [1.29, 1.82) is 0 Å². The molecule has 0 aromatic heterocycles. The molecular formula is C12H19NO3. The van der Waals surface area contributed by atoms with Crippen molar-refractivity contribution in [3.05, 3.63) is 0 Å².